The lowest BCUT2D eigenvalue weighted by Crippen LogP contribution is -2.35. The molecule has 8 atom stereocenters. The highest BCUT2D eigenvalue weighted by atomic mass is 31.2. The van der Waals surface area contributed by atoms with Crippen molar-refractivity contribution in [2.75, 3.05) is 33.5 Å². The summed E-state index contributed by atoms with van der Waals surface area (Å²) in [4.78, 5) is 19.1. The smallest absolute Gasteiger partial charge is 0.390 e. The molecule has 2 rings (SSSR count). The number of aliphatic hydroxyl groups is 2. The summed E-state index contributed by atoms with van der Waals surface area (Å²) < 4.78 is 52.5. The van der Waals surface area contributed by atoms with Crippen LogP contribution in [0.4, 0.5) is 0 Å². The van der Waals surface area contributed by atoms with Gasteiger partial charge in [0.1, 0.15) is 18.3 Å². The molecule has 0 spiro atoms. The molecule has 2 heterocycles. The molecule has 0 amide bonds. The van der Waals surface area contributed by atoms with Gasteiger partial charge in [-0.05, 0) is 0 Å². The molecular weight excluding hydrogens is 398 g/mol. The van der Waals surface area contributed by atoms with Gasteiger partial charge in [0.25, 0.3) is 0 Å². The first kappa shape index (κ1) is 22.4. The largest absolute Gasteiger partial charge is 0.472 e. The summed E-state index contributed by atoms with van der Waals surface area (Å²) in [6.07, 6.45) is -4.95. The Morgan fingerprint density at radius 1 is 0.962 bits per heavy atom. The van der Waals surface area contributed by atoms with E-state index in [1.165, 1.54) is 0 Å². The average molecular weight is 422 g/mol. The van der Waals surface area contributed by atoms with E-state index in [1.54, 1.807) is 6.92 Å². The molecule has 2 fully saturated rings. The molecule has 2 saturated heterocycles. The van der Waals surface area contributed by atoms with Crippen LogP contribution in [0.5, 0.6) is 0 Å². The van der Waals surface area contributed by atoms with Crippen molar-refractivity contribution in [3.05, 3.63) is 0 Å². The molecule has 26 heavy (non-hydrogen) atoms. The van der Waals surface area contributed by atoms with Crippen LogP contribution in [0.1, 0.15) is 6.92 Å². The topological polar surface area (TPSA) is 170 Å². The SMILES string of the molecule is COP(=O)(O)OC[C@H]1OC[C@H](O)C1OP(=O)(O)OC[C@H]1OC[C@H](O)C1C. The maximum absolute atomic E-state index is 12.1. The molecule has 0 aromatic heterocycles. The summed E-state index contributed by atoms with van der Waals surface area (Å²) in [5.41, 5.74) is 0. The predicted octanol–water partition coefficient (Wildman–Crippen LogP) is -0.593. The lowest BCUT2D eigenvalue weighted by Gasteiger charge is -2.24. The van der Waals surface area contributed by atoms with Crippen LogP contribution in [-0.2, 0) is 36.7 Å². The highest BCUT2D eigenvalue weighted by molar-refractivity contribution is 7.47. The van der Waals surface area contributed by atoms with Crippen molar-refractivity contribution in [2.45, 2.75) is 37.4 Å². The second kappa shape index (κ2) is 9.04. The van der Waals surface area contributed by atoms with Gasteiger partial charge < -0.3 is 29.5 Å². The van der Waals surface area contributed by atoms with Crippen molar-refractivity contribution in [2.24, 2.45) is 5.92 Å². The predicted molar refractivity (Wildman–Crippen MR) is 84.1 cm³/mol. The molecule has 0 aromatic carbocycles. The van der Waals surface area contributed by atoms with Crippen LogP contribution in [-0.4, -0.2) is 84.1 Å². The van der Waals surface area contributed by atoms with Gasteiger partial charge in [0, 0.05) is 13.0 Å². The van der Waals surface area contributed by atoms with Gasteiger partial charge in [-0.1, -0.05) is 6.92 Å². The lowest BCUT2D eigenvalue weighted by atomic mass is 10.0. The summed E-state index contributed by atoms with van der Waals surface area (Å²) in [5.74, 6) is -0.288. The van der Waals surface area contributed by atoms with E-state index in [9.17, 15) is 29.1 Å². The molecule has 4 unspecified atom stereocenters. The maximum Gasteiger partial charge on any atom is 0.472 e. The van der Waals surface area contributed by atoms with E-state index in [0.717, 1.165) is 7.11 Å². The summed E-state index contributed by atoms with van der Waals surface area (Å²) in [6, 6.07) is 0. The second-order valence-corrected chi connectivity index (χ2v) is 8.99. The minimum absolute atomic E-state index is 0.0983. The van der Waals surface area contributed by atoms with E-state index in [4.69, 9.17) is 18.5 Å². The summed E-state index contributed by atoms with van der Waals surface area (Å²) >= 11 is 0. The van der Waals surface area contributed by atoms with Crippen LogP contribution < -0.4 is 0 Å². The van der Waals surface area contributed by atoms with Crippen molar-refractivity contribution in [3.63, 3.8) is 0 Å². The number of hydrogen-bond donors (Lipinski definition) is 4. The molecule has 0 aliphatic carbocycles. The molecule has 0 radical (unpaired) electrons. The van der Waals surface area contributed by atoms with Gasteiger partial charge in [0.05, 0.1) is 38.6 Å². The van der Waals surface area contributed by atoms with E-state index in [0.29, 0.717) is 0 Å². The Balaban J connectivity index is 1.88. The fourth-order valence-corrected chi connectivity index (χ4v) is 3.91. The second-order valence-electron chi connectivity index (χ2n) is 6.02. The number of rotatable bonds is 9. The number of phosphoric acid groups is 2. The quantitative estimate of drug-likeness (QED) is 0.349. The van der Waals surface area contributed by atoms with Crippen molar-refractivity contribution < 1.29 is 56.7 Å². The molecule has 0 saturated carbocycles. The van der Waals surface area contributed by atoms with Gasteiger partial charge in [-0.15, -0.1) is 0 Å². The Labute approximate surface area is 150 Å². The van der Waals surface area contributed by atoms with E-state index in [1.807, 2.05) is 0 Å². The number of ether oxygens (including phenoxy) is 2. The van der Waals surface area contributed by atoms with Crippen molar-refractivity contribution >= 4 is 15.6 Å². The Bertz CT molecular complexity index is 558. The normalized spacial score (nSPS) is 39.6. The molecular formula is C12H24O12P2. The first-order chi connectivity index (χ1) is 12.0. The van der Waals surface area contributed by atoms with Gasteiger partial charge in [0.2, 0.25) is 0 Å². The third kappa shape index (κ3) is 6.03. The zero-order valence-electron chi connectivity index (χ0n) is 14.2. The van der Waals surface area contributed by atoms with Gasteiger partial charge in [-0.2, -0.15) is 0 Å². The van der Waals surface area contributed by atoms with E-state index in [-0.39, 0.29) is 25.7 Å². The van der Waals surface area contributed by atoms with Gasteiger partial charge in [0.15, 0.2) is 0 Å². The van der Waals surface area contributed by atoms with Crippen molar-refractivity contribution in [3.8, 4) is 0 Å². The monoisotopic (exact) mass is 422 g/mol. The minimum atomic E-state index is -4.61. The van der Waals surface area contributed by atoms with Crippen molar-refractivity contribution in [1.29, 1.82) is 0 Å². The molecule has 14 heteroatoms. The first-order valence-corrected chi connectivity index (χ1v) is 10.8. The van der Waals surface area contributed by atoms with Crippen LogP contribution in [0.25, 0.3) is 0 Å². The minimum Gasteiger partial charge on any atom is -0.390 e. The fraction of sp³-hybridized carbons (Fsp3) is 1.00. The van der Waals surface area contributed by atoms with Crippen LogP contribution >= 0.6 is 15.6 Å². The van der Waals surface area contributed by atoms with E-state index < -0.39 is 52.8 Å². The maximum atomic E-state index is 12.1. The standard InChI is InChI=1S/C12H24O12P2/c1-7-8(13)3-20-10(7)5-23-26(17,18)24-12-9(14)4-21-11(12)6-22-25(15,16)19-2/h7-14H,3-6H2,1-2H3,(H,15,16)(H,17,18)/t7?,8-,9-,10+,11+,12?/m0/s1. The zero-order valence-corrected chi connectivity index (χ0v) is 16.0. The van der Waals surface area contributed by atoms with Crippen LogP contribution in [0, 0.1) is 5.92 Å². The molecule has 0 aromatic rings. The Kier molecular flexibility index (Phi) is 7.77. The van der Waals surface area contributed by atoms with Crippen LogP contribution in [0.2, 0.25) is 0 Å². The van der Waals surface area contributed by atoms with Gasteiger partial charge in [-0.3, -0.25) is 18.1 Å². The molecule has 2 aliphatic heterocycles. The average Bonchev–Trinajstić information content (AvgIpc) is 3.07. The Morgan fingerprint density at radius 3 is 2.08 bits per heavy atom. The molecule has 2 aliphatic rings. The zero-order chi connectivity index (χ0) is 19.5. The highest BCUT2D eigenvalue weighted by Crippen LogP contribution is 2.48. The lowest BCUT2D eigenvalue weighted by molar-refractivity contribution is -0.0204. The molecule has 4 N–H and O–H groups in total. The van der Waals surface area contributed by atoms with E-state index in [2.05, 4.69) is 9.05 Å². The number of hydrogen-bond acceptors (Lipinski definition) is 10. The van der Waals surface area contributed by atoms with Crippen LogP contribution in [0.15, 0.2) is 0 Å². The number of phosphoric ester groups is 2. The van der Waals surface area contributed by atoms with E-state index >= 15 is 0 Å². The molecule has 0 bridgehead atoms. The molecule has 12 nitrogen and oxygen atoms in total. The summed E-state index contributed by atoms with van der Waals surface area (Å²) in [6.45, 7) is 0.766. The fourth-order valence-electron chi connectivity index (χ4n) is 2.49. The van der Waals surface area contributed by atoms with Gasteiger partial charge >= 0.3 is 15.6 Å². The van der Waals surface area contributed by atoms with Gasteiger partial charge in [-0.25, -0.2) is 9.13 Å². The molecule has 154 valence electrons. The highest BCUT2D eigenvalue weighted by Gasteiger charge is 2.44. The van der Waals surface area contributed by atoms with Crippen LogP contribution in [0.3, 0.4) is 0 Å². The van der Waals surface area contributed by atoms with Crippen molar-refractivity contribution in [1.82, 2.24) is 0 Å². The third-order valence-corrected chi connectivity index (χ3v) is 6.11. The first-order valence-electron chi connectivity index (χ1n) is 7.83. The Morgan fingerprint density at radius 2 is 1.50 bits per heavy atom. The summed E-state index contributed by atoms with van der Waals surface area (Å²) in [5, 5.41) is 19.4. The third-order valence-electron chi connectivity index (χ3n) is 4.19. The summed E-state index contributed by atoms with van der Waals surface area (Å²) in [7, 11) is -7.92. The Hall–Kier alpha value is 0.0600. The number of aliphatic hydroxyl groups excluding tert-OH is 2.